The smallest absolute Gasteiger partial charge is 0.250 e. The van der Waals surface area contributed by atoms with E-state index in [1.165, 1.54) is 0 Å². The molecule has 2 rings (SSSR count). The molecule has 5 heteroatoms. The molecule has 1 amide bonds. The van der Waals surface area contributed by atoms with Gasteiger partial charge in [0.1, 0.15) is 6.10 Å². The van der Waals surface area contributed by atoms with E-state index < -0.39 is 0 Å². The van der Waals surface area contributed by atoms with E-state index in [9.17, 15) is 4.79 Å². The highest BCUT2D eigenvalue weighted by molar-refractivity contribution is 7.07. The normalized spacial score (nSPS) is 22.7. The molecule has 16 heavy (non-hydrogen) atoms. The molecule has 1 aliphatic heterocycles. The van der Waals surface area contributed by atoms with Crippen LogP contribution in [0.1, 0.15) is 18.5 Å². The number of rotatable bonds is 3. The second-order valence-electron chi connectivity index (χ2n) is 3.85. The first kappa shape index (κ1) is 11.6. The zero-order valence-electron chi connectivity index (χ0n) is 9.23. The van der Waals surface area contributed by atoms with Crippen molar-refractivity contribution < 1.29 is 9.53 Å². The van der Waals surface area contributed by atoms with Gasteiger partial charge in [0.2, 0.25) is 0 Å². The van der Waals surface area contributed by atoms with Crippen molar-refractivity contribution in [3.8, 4) is 0 Å². The Balaban J connectivity index is 1.86. The van der Waals surface area contributed by atoms with Crippen LogP contribution in [0.15, 0.2) is 16.8 Å². The average molecular weight is 240 g/mol. The zero-order chi connectivity index (χ0) is 11.4. The minimum Gasteiger partial charge on any atom is -0.366 e. The van der Waals surface area contributed by atoms with Crippen molar-refractivity contribution in [2.24, 2.45) is 0 Å². The minimum atomic E-state index is -0.352. The predicted molar refractivity (Wildman–Crippen MR) is 63.5 cm³/mol. The van der Waals surface area contributed by atoms with Crippen LogP contribution in [-0.2, 0) is 9.53 Å². The van der Waals surface area contributed by atoms with Crippen molar-refractivity contribution in [3.05, 3.63) is 22.4 Å². The molecule has 1 saturated heterocycles. The van der Waals surface area contributed by atoms with Gasteiger partial charge in [-0.3, -0.25) is 4.79 Å². The second kappa shape index (κ2) is 5.43. The topological polar surface area (TPSA) is 50.4 Å². The molecule has 0 saturated carbocycles. The van der Waals surface area contributed by atoms with Gasteiger partial charge in [-0.25, -0.2) is 0 Å². The Morgan fingerprint density at radius 3 is 3.25 bits per heavy atom. The summed E-state index contributed by atoms with van der Waals surface area (Å²) >= 11 is 1.64. The van der Waals surface area contributed by atoms with Crippen LogP contribution in [0.4, 0.5) is 0 Å². The van der Waals surface area contributed by atoms with Crippen molar-refractivity contribution in [3.63, 3.8) is 0 Å². The van der Waals surface area contributed by atoms with Gasteiger partial charge in [0.15, 0.2) is 0 Å². The molecule has 0 radical (unpaired) electrons. The fourth-order valence-electron chi connectivity index (χ4n) is 1.64. The number of thiophene rings is 1. The van der Waals surface area contributed by atoms with Gasteiger partial charge in [-0.05, 0) is 29.3 Å². The standard InChI is InChI=1S/C11H16N2O2S/c1-8(9-2-5-16-7-9)13-11(14)10-6-12-3-4-15-10/h2,5,7-8,10,12H,3-4,6H2,1H3,(H,13,14). The van der Waals surface area contributed by atoms with Crippen LogP contribution in [0, 0.1) is 0 Å². The van der Waals surface area contributed by atoms with E-state index in [0.29, 0.717) is 13.2 Å². The fraction of sp³-hybridized carbons (Fsp3) is 0.545. The first-order valence-electron chi connectivity index (χ1n) is 5.42. The minimum absolute atomic E-state index is 0.0362. The van der Waals surface area contributed by atoms with Crippen LogP contribution in [0.25, 0.3) is 0 Å². The van der Waals surface area contributed by atoms with Crippen LogP contribution in [0.3, 0.4) is 0 Å². The third-order valence-electron chi connectivity index (χ3n) is 2.62. The predicted octanol–water partition coefficient (Wildman–Crippen LogP) is 0.914. The lowest BCUT2D eigenvalue weighted by molar-refractivity contribution is -0.134. The Hall–Kier alpha value is -0.910. The number of amides is 1. The quantitative estimate of drug-likeness (QED) is 0.826. The molecule has 0 aromatic carbocycles. The molecular weight excluding hydrogens is 224 g/mol. The van der Waals surface area contributed by atoms with Gasteiger partial charge in [-0.15, -0.1) is 0 Å². The lowest BCUT2D eigenvalue weighted by atomic mass is 10.1. The summed E-state index contributed by atoms with van der Waals surface area (Å²) in [5, 5.41) is 10.2. The zero-order valence-corrected chi connectivity index (χ0v) is 10.0. The van der Waals surface area contributed by atoms with Gasteiger partial charge in [-0.2, -0.15) is 11.3 Å². The second-order valence-corrected chi connectivity index (χ2v) is 4.63. The summed E-state index contributed by atoms with van der Waals surface area (Å²) < 4.78 is 5.39. The number of nitrogens with one attached hydrogen (secondary N) is 2. The molecule has 0 bridgehead atoms. The van der Waals surface area contributed by atoms with Gasteiger partial charge in [-0.1, -0.05) is 0 Å². The van der Waals surface area contributed by atoms with Crippen molar-refractivity contribution in [2.45, 2.75) is 19.1 Å². The van der Waals surface area contributed by atoms with E-state index in [0.717, 1.165) is 12.1 Å². The Morgan fingerprint density at radius 2 is 2.62 bits per heavy atom. The van der Waals surface area contributed by atoms with E-state index in [-0.39, 0.29) is 18.1 Å². The van der Waals surface area contributed by atoms with Crippen molar-refractivity contribution in [1.29, 1.82) is 0 Å². The Morgan fingerprint density at radius 1 is 1.75 bits per heavy atom. The van der Waals surface area contributed by atoms with Gasteiger partial charge < -0.3 is 15.4 Å². The third-order valence-corrected chi connectivity index (χ3v) is 3.32. The number of hydrogen-bond donors (Lipinski definition) is 2. The van der Waals surface area contributed by atoms with Crippen molar-refractivity contribution in [2.75, 3.05) is 19.7 Å². The molecule has 0 aliphatic carbocycles. The van der Waals surface area contributed by atoms with E-state index >= 15 is 0 Å². The maximum Gasteiger partial charge on any atom is 0.250 e. The number of carbonyl (C=O) groups excluding carboxylic acids is 1. The summed E-state index contributed by atoms with van der Waals surface area (Å²) in [6.45, 7) is 4.01. The monoisotopic (exact) mass is 240 g/mol. The fourth-order valence-corrected chi connectivity index (χ4v) is 2.40. The van der Waals surface area contributed by atoms with E-state index in [4.69, 9.17) is 4.74 Å². The summed E-state index contributed by atoms with van der Waals surface area (Å²) in [7, 11) is 0. The van der Waals surface area contributed by atoms with Crippen LogP contribution in [0.2, 0.25) is 0 Å². The Labute approximate surface area is 99.0 Å². The van der Waals surface area contributed by atoms with Gasteiger partial charge >= 0.3 is 0 Å². The lowest BCUT2D eigenvalue weighted by Crippen LogP contribution is -2.48. The lowest BCUT2D eigenvalue weighted by Gasteiger charge is -2.24. The number of carbonyl (C=O) groups is 1. The summed E-state index contributed by atoms with van der Waals surface area (Å²) in [5.74, 6) is -0.0362. The summed E-state index contributed by atoms with van der Waals surface area (Å²) in [4.78, 5) is 11.8. The Kier molecular flexibility index (Phi) is 3.93. The largest absolute Gasteiger partial charge is 0.366 e. The highest BCUT2D eigenvalue weighted by atomic mass is 32.1. The van der Waals surface area contributed by atoms with Crippen LogP contribution in [0.5, 0.6) is 0 Å². The first-order valence-corrected chi connectivity index (χ1v) is 6.36. The molecule has 2 N–H and O–H groups in total. The van der Waals surface area contributed by atoms with Crippen molar-refractivity contribution >= 4 is 17.2 Å². The number of morpholine rings is 1. The summed E-state index contributed by atoms with van der Waals surface area (Å²) in [6, 6.07) is 2.07. The summed E-state index contributed by atoms with van der Waals surface area (Å²) in [6.07, 6.45) is -0.352. The molecule has 1 fully saturated rings. The van der Waals surface area contributed by atoms with Gasteiger partial charge in [0.25, 0.3) is 5.91 Å². The molecule has 2 heterocycles. The Bertz CT molecular complexity index is 334. The maximum atomic E-state index is 11.8. The SMILES string of the molecule is CC(NC(=O)C1CNCCO1)c1ccsc1. The van der Waals surface area contributed by atoms with E-state index in [1.807, 2.05) is 23.8 Å². The molecule has 1 aromatic heterocycles. The molecule has 1 aromatic rings. The molecule has 1 aliphatic rings. The molecule has 2 atom stereocenters. The molecule has 2 unspecified atom stereocenters. The molecule has 4 nitrogen and oxygen atoms in total. The van der Waals surface area contributed by atoms with E-state index in [1.54, 1.807) is 11.3 Å². The first-order chi connectivity index (χ1) is 7.77. The average Bonchev–Trinajstić information content (AvgIpc) is 2.83. The molecule has 0 spiro atoms. The van der Waals surface area contributed by atoms with Gasteiger partial charge in [0.05, 0.1) is 12.6 Å². The van der Waals surface area contributed by atoms with E-state index in [2.05, 4.69) is 10.6 Å². The maximum absolute atomic E-state index is 11.8. The third kappa shape index (κ3) is 2.81. The van der Waals surface area contributed by atoms with Crippen LogP contribution >= 0.6 is 11.3 Å². The van der Waals surface area contributed by atoms with Crippen LogP contribution in [-0.4, -0.2) is 31.7 Å². The highest BCUT2D eigenvalue weighted by Gasteiger charge is 2.23. The summed E-state index contributed by atoms with van der Waals surface area (Å²) in [5.41, 5.74) is 1.14. The molecule has 88 valence electrons. The van der Waals surface area contributed by atoms with Crippen LogP contribution < -0.4 is 10.6 Å². The highest BCUT2D eigenvalue weighted by Crippen LogP contribution is 2.15. The van der Waals surface area contributed by atoms with Gasteiger partial charge in [0, 0.05) is 13.1 Å². The van der Waals surface area contributed by atoms with Crippen molar-refractivity contribution in [1.82, 2.24) is 10.6 Å². The number of hydrogen-bond acceptors (Lipinski definition) is 4. The number of ether oxygens (including phenoxy) is 1. The molecular formula is C11H16N2O2S.